The normalized spacial score (nSPS) is 11.0. The van der Waals surface area contributed by atoms with E-state index in [1.165, 1.54) is 11.3 Å². The Bertz CT molecular complexity index is 1200. The number of halogens is 1. The second kappa shape index (κ2) is 10.00. The van der Waals surface area contributed by atoms with Crippen molar-refractivity contribution in [3.63, 3.8) is 0 Å². The van der Waals surface area contributed by atoms with E-state index in [0.717, 1.165) is 28.0 Å². The van der Waals surface area contributed by atoms with Gasteiger partial charge in [0.25, 0.3) is 5.91 Å². The fourth-order valence-corrected chi connectivity index (χ4v) is 4.12. The van der Waals surface area contributed by atoms with Gasteiger partial charge in [-0.15, -0.1) is 12.4 Å². The Morgan fingerprint density at radius 3 is 2.48 bits per heavy atom. The number of likely N-dealkylation sites (N-methyl/N-ethyl adjacent to an activating group) is 1. The number of carbonyl (C=O) groups is 1. The summed E-state index contributed by atoms with van der Waals surface area (Å²) >= 11 is 1.49. The highest BCUT2D eigenvalue weighted by molar-refractivity contribution is 7.22. The predicted molar refractivity (Wildman–Crippen MR) is 128 cm³/mol. The Morgan fingerprint density at radius 2 is 1.74 bits per heavy atom. The van der Waals surface area contributed by atoms with Crippen molar-refractivity contribution in [2.75, 3.05) is 38.7 Å². The van der Waals surface area contributed by atoms with Gasteiger partial charge in [-0.05, 0) is 57.4 Å². The minimum Gasteiger partial charge on any atom is -0.494 e. The van der Waals surface area contributed by atoms with Crippen LogP contribution in [0, 0.1) is 0 Å². The zero-order valence-corrected chi connectivity index (χ0v) is 19.2. The fourth-order valence-electron chi connectivity index (χ4n) is 3.10. The van der Waals surface area contributed by atoms with Crippen molar-refractivity contribution in [2.45, 2.75) is 6.92 Å². The van der Waals surface area contributed by atoms with Gasteiger partial charge in [0, 0.05) is 31.0 Å². The van der Waals surface area contributed by atoms with Crippen molar-refractivity contribution in [2.24, 2.45) is 0 Å². The minimum atomic E-state index is -0.103. The number of fused-ring (bicyclic) bond motifs is 2. The number of hydrogen-bond donors (Lipinski definition) is 0. The minimum absolute atomic E-state index is 0. The lowest BCUT2D eigenvalue weighted by atomic mass is 10.1. The second-order valence-corrected chi connectivity index (χ2v) is 8.09. The molecule has 0 N–H and O–H groups in total. The molecule has 162 valence electrons. The summed E-state index contributed by atoms with van der Waals surface area (Å²) in [5.74, 6) is 0.702. The van der Waals surface area contributed by atoms with Gasteiger partial charge in [0.05, 0.1) is 27.9 Å². The maximum Gasteiger partial charge on any atom is 0.260 e. The molecular formula is C22H24ClN5O2S. The van der Waals surface area contributed by atoms with E-state index in [-0.39, 0.29) is 18.3 Å². The lowest BCUT2D eigenvalue weighted by molar-refractivity contribution is 0.0985. The van der Waals surface area contributed by atoms with E-state index < -0.39 is 0 Å². The molecule has 31 heavy (non-hydrogen) atoms. The van der Waals surface area contributed by atoms with Gasteiger partial charge in [-0.25, -0.2) is 4.98 Å². The van der Waals surface area contributed by atoms with Gasteiger partial charge in [0.15, 0.2) is 5.13 Å². The number of ether oxygens (including phenoxy) is 1. The summed E-state index contributed by atoms with van der Waals surface area (Å²) in [6, 6.07) is 11.2. The van der Waals surface area contributed by atoms with Crippen LogP contribution < -0.4 is 9.64 Å². The van der Waals surface area contributed by atoms with Crippen LogP contribution in [0.15, 0.2) is 48.8 Å². The van der Waals surface area contributed by atoms with E-state index in [0.29, 0.717) is 29.4 Å². The van der Waals surface area contributed by atoms with Crippen molar-refractivity contribution in [3.05, 3.63) is 54.4 Å². The molecule has 0 unspecified atom stereocenters. The van der Waals surface area contributed by atoms with Crippen LogP contribution in [0.1, 0.15) is 17.3 Å². The molecule has 0 bridgehead atoms. The number of anilines is 1. The highest BCUT2D eigenvalue weighted by Gasteiger charge is 2.22. The smallest absolute Gasteiger partial charge is 0.260 e. The summed E-state index contributed by atoms with van der Waals surface area (Å²) in [4.78, 5) is 30.6. The Kier molecular flexibility index (Phi) is 7.37. The van der Waals surface area contributed by atoms with Gasteiger partial charge < -0.3 is 9.64 Å². The summed E-state index contributed by atoms with van der Waals surface area (Å²) in [6.45, 7) is 3.81. The van der Waals surface area contributed by atoms with E-state index in [9.17, 15) is 4.79 Å². The number of amides is 1. The van der Waals surface area contributed by atoms with E-state index in [4.69, 9.17) is 9.72 Å². The van der Waals surface area contributed by atoms with Gasteiger partial charge in [0.2, 0.25) is 0 Å². The van der Waals surface area contributed by atoms with Crippen LogP contribution >= 0.6 is 23.7 Å². The lowest BCUT2D eigenvalue weighted by Gasteiger charge is -2.22. The highest BCUT2D eigenvalue weighted by atomic mass is 35.5. The largest absolute Gasteiger partial charge is 0.494 e. The van der Waals surface area contributed by atoms with Crippen LogP contribution in [0.3, 0.4) is 0 Å². The SMILES string of the molecule is CCOc1ccc2nc(N(CCN(C)C)C(=O)c3ccc4nccnc4c3)sc2c1.Cl. The molecule has 2 heterocycles. The van der Waals surface area contributed by atoms with E-state index >= 15 is 0 Å². The van der Waals surface area contributed by atoms with Crippen LogP contribution in [0.25, 0.3) is 21.3 Å². The van der Waals surface area contributed by atoms with Crippen LogP contribution in [0.5, 0.6) is 5.75 Å². The summed E-state index contributed by atoms with van der Waals surface area (Å²) in [5, 5.41) is 0.671. The average Bonchev–Trinajstić information content (AvgIpc) is 3.16. The zero-order chi connectivity index (χ0) is 21.1. The summed E-state index contributed by atoms with van der Waals surface area (Å²) in [7, 11) is 3.97. The topological polar surface area (TPSA) is 71.5 Å². The van der Waals surface area contributed by atoms with Gasteiger partial charge in [-0.3, -0.25) is 19.7 Å². The van der Waals surface area contributed by atoms with Crippen LogP contribution in [0.2, 0.25) is 0 Å². The summed E-state index contributed by atoms with van der Waals surface area (Å²) in [6.07, 6.45) is 3.27. The number of aromatic nitrogens is 3. The Labute approximate surface area is 191 Å². The van der Waals surface area contributed by atoms with Crippen LogP contribution in [0.4, 0.5) is 5.13 Å². The van der Waals surface area contributed by atoms with Gasteiger partial charge >= 0.3 is 0 Å². The number of rotatable bonds is 7. The molecule has 0 aliphatic rings. The molecule has 0 radical (unpaired) electrons. The number of carbonyl (C=O) groups excluding carboxylic acids is 1. The molecule has 0 saturated heterocycles. The summed E-state index contributed by atoms with van der Waals surface area (Å²) in [5.41, 5.74) is 2.88. The first-order valence-corrected chi connectivity index (χ1v) is 10.6. The van der Waals surface area contributed by atoms with E-state index in [2.05, 4.69) is 9.97 Å². The molecule has 0 spiro atoms. The molecule has 7 nitrogen and oxygen atoms in total. The zero-order valence-electron chi connectivity index (χ0n) is 17.6. The lowest BCUT2D eigenvalue weighted by Crippen LogP contribution is -2.36. The third-order valence-corrected chi connectivity index (χ3v) is 5.66. The molecule has 0 atom stereocenters. The molecule has 4 aromatic rings. The fraction of sp³-hybridized carbons (Fsp3) is 0.273. The molecule has 0 aliphatic carbocycles. The van der Waals surface area contributed by atoms with Gasteiger partial charge in [0.1, 0.15) is 5.75 Å². The number of nitrogens with zero attached hydrogens (tertiary/aromatic N) is 5. The molecule has 2 aromatic heterocycles. The first kappa shape index (κ1) is 22.9. The molecule has 1 amide bonds. The Hall–Kier alpha value is -2.81. The Balaban J connectivity index is 0.00000272. The maximum absolute atomic E-state index is 13.4. The van der Waals surface area contributed by atoms with Crippen LogP contribution in [-0.2, 0) is 0 Å². The number of hydrogen-bond acceptors (Lipinski definition) is 7. The standard InChI is InChI=1S/C22H23N5O2S.ClH/c1-4-29-16-6-8-18-20(14-16)30-22(25-18)27(12-11-26(2)3)21(28)15-5-7-17-19(13-15)24-10-9-23-17;/h5-10,13-14H,4,11-12H2,1-3H3;1H. The molecule has 9 heteroatoms. The molecular weight excluding hydrogens is 434 g/mol. The molecule has 4 rings (SSSR count). The highest BCUT2D eigenvalue weighted by Crippen LogP contribution is 2.32. The van der Waals surface area contributed by atoms with E-state index in [1.54, 1.807) is 29.4 Å². The van der Waals surface area contributed by atoms with Crippen molar-refractivity contribution < 1.29 is 9.53 Å². The average molecular weight is 458 g/mol. The molecule has 0 aliphatic heterocycles. The maximum atomic E-state index is 13.4. The molecule has 0 saturated carbocycles. The van der Waals surface area contributed by atoms with Crippen molar-refractivity contribution in [1.29, 1.82) is 0 Å². The van der Waals surface area contributed by atoms with Crippen LogP contribution in [-0.4, -0.2) is 59.6 Å². The molecule has 0 fully saturated rings. The van der Waals surface area contributed by atoms with Crippen molar-refractivity contribution in [3.8, 4) is 5.75 Å². The van der Waals surface area contributed by atoms with Gasteiger partial charge in [-0.2, -0.15) is 0 Å². The summed E-state index contributed by atoms with van der Waals surface area (Å²) < 4.78 is 6.59. The predicted octanol–water partition coefficient (Wildman–Crippen LogP) is 4.27. The van der Waals surface area contributed by atoms with Crippen molar-refractivity contribution >= 4 is 56.0 Å². The number of thiazole rings is 1. The Morgan fingerprint density at radius 1 is 1.00 bits per heavy atom. The van der Waals surface area contributed by atoms with Crippen molar-refractivity contribution in [1.82, 2.24) is 19.9 Å². The van der Waals surface area contributed by atoms with E-state index in [1.807, 2.05) is 50.2 Å². The third kappa shape index (κ3) is 5.10. The first-order valence-electron chi connectivity index (χ1n) is 9.76. The third-order valence-electron chi connectivity index (χ3n) is 4.62. The first-order chi connectivity index (χ1) is 14.5. The van der Waals surface area contributed by atoms with Gasteiger partial charge in [-0.1, -0.05) is 11.3 Å². The monoisotopic (exact) mass is 457 g/mol. The second-order valence-electron chi connectivity index (χ2n) is 7.08. The molecule has 2 aromatic carbocycles. The quantitative estimate of drug-likeness (QED) is 0.412. The number of benzene rings is 2.